The summed E-state index contributed by atoms with van der Waals surface area (Å²) in [5.74, 6) is 1.00. The smallest absolute Gasteiger partial charge is 0.121 e. The zero-order valence-corrected chi connectivity index (χ0v) is 13.1. The minimum Gasteiger partial charge on any atom is -0.507 e. The van der Waals surface area contributed by atoms with Gasteiger partial charge in [-0.25, -0.2) is 0 Å². The quantitative estimate of drug-likeness (QED) is 0.800. The van der Waals surface area contributed by atoms with Crippen LogP contribution in [0.25, 0.3) is 0 Å². The SMILES string of the molecule is Cc1cc(C2CC(C)(C)NC(C)(C)C2)cc(C)c1O. The molecule has 1 aliphatic heterocycles. The number of aryl methyl sites for hydroxylation is 2. The van der Waals surface area contributed by atoms with Crippen molar-refractivity contribution in [1.82, 2.24) is 5.32 Å². The van der Waals surface area contributed by atoms with Gasteiger partial charge < -0.3 is 10.4 Å². The number of hydrogen-bond donors (Lipinski definition) is 2. The largest absolute Gasteiger partial charge is 0.507 e. The normalized spacial score (nSPS) is 22.4. The fourth-order valence-corrected chi connectivity index (χ4v) is 3.78. The first-order chi connectivity index (χ1) is 8.60. The third-order valence-corrected chi connectivity index (χ3v) is 4.17. The first-order valence-corrected chi connectivity index (χ1v) is 7.19. The van der Waals surface area contributed by atoms with Crippen molar-refractivity contribution in [3.05, 3.63) is 28.8 Å². The Hall–Kier alpha value is -1.02. The minimum atomic E-state index is 0.159. The van der Waals surface area contributed by atoms with E-state index in [1.54, 1.807) is 0 Å². The highest BCUT2D eigenvalue weighted by Crippen LogP contribution is 2.40. The fourth-order valence-electron chi connectivity index (χ4n) is 3.78. The molecule has 0 spiro atoms. The highest BCUT2D eigenvalue weighted by atomic mass is 16.3. The first-order valence-electron chi connectivity index (χ1n) is 7.19. The Bertz CT molecular complexity index is 449. The number of phenols is 1. The maximum absolute atomic E-state index is 9.92. The molecule has 1 aromatic carbocycles. The maximum Gasteiger partial charge on any atom is 0.121 e. The van der Waals surface area contributed by atoms with Gasteiger partial charge in [0.2, 0.25) is 0 Å². The molecule has 0 saturated carbocycles. The molecule has 0 radical (unpaired) electrons. The fraction of sp³-hybridized carbons (Fsp3) is 0.647. The summed E-state index contributed by atoms with van der Waals surface area (Å²) in [6, 6.07) is 4.31. The Balaban J connectivity index is 2.36. The maximum atomic E-state index is 9.92. The first kappa shape index (κ1) is 14.4. The predicted molar refractivity (Wildman–Crippen MR) is 80.8 cm³/mol. The van der Waals surface area contributed by atoms with Crippen molar-refractivity contribution in [2.45, 2.75) is 71.4 Å². The van der Waals surface area contributed by atoms with E-state index in [0.717, 1.165) is 24.0 Å². The lowest BCUT2D eigenvalue weighted by Crippen LogP contribution is -2.57. The van der Waals surface area contributed by atoms with Crippen LogP contribution in [0.3, 0.4) is 0 Å². The van der Waals surface area contributed by atoms with E-state index in [9.17, 15) is 5.11 Å². The predicted octanol–water partition coefficient (Wildman–Crippen LogP) is 4.03. The molecule has 1 fully saturated rings. The second kappa shape index (κ2) is 4.52. The van der Waals surface area contributed by atoms with Crippen LogP contribution in [0.4, 0.5) is 0 Å². The van der Waals surface area contributed by atoms with Crippen LogP contribution in [0.2, 0.25) is 0 Å². The summed E-state index contributed by atoms with van der Waals surface area (Å²) in [7, 11) is 0. The Morgan fingerprint density at radius 1 is 1.00 bits per heavy atom. The molecule has 2 heteroatoms. The summed E-state index contributed by atoms with van der Waals surface area (Å²) >= 11 is 0. The van der Waals surface area contributed by atoms with Crippen LogP contribution in [0, 0.1) is 13.8 Å². The zero-order chi connectivity index (χ0) is 14.4. The lowest BCUT2D eigenvalue weighted by atomic mass is 9.73. The van der Waals surface area contributed by atoms with Crippen LogP contribution >= 0.6 is 0 Å². The topological polar surface area (TPSA) is 32.3 Å². The van der Waals surface area contributed by atoms with Crippen LogP contribution in [0.15, 0.2) is 12.1 Å². The van der Waals surface area contributed by atoms with Gasteiger partial charge in [-0.05, 0) is 77.0 Å². The molecule has 2 nitrogen and oxygen atoms in total. The van der Waals surface area contributed by atoms with Crippen molar-refractivity contribution in [2.75, 3.05) is 0 Å². The van der Waals surface area contributed by atoms with Gasteiger partial charge in [-0.2, -0.15) is 0 Å². The number of rotatable bonds is 1. The molecule has 2 N–H and O–H groups in total. The molecule has 0 bridgehead atoms. The number of aromatic hydroxyl groups is 1. The molecular formula is C17H27NO. The standard InChI is InChI=1S/C17H27NO/c1-11-7-13(8-12(2)15(11)19)14-9-16(3,4)18-17(5,6)10-14/h7-8,14,18-19H,9-10H2,1-6H3. The van der Waals surface area contributed by atoms with E-state index in [1.807, 2.05) is 13.8 Å². The van der Waals surface area contributed by atoms with E-state index in [0.29, 0.717) is 11.7 Å². The van der Waals surface area contributed by atoms with E-state index in [2.05, 4.69) is 45.1 Å². The average Bonchev–Trinajstić information content (AvgIpc) is 2.20. The highest BCUT2D eigenvalue weighted by molar-refractivity contribution is 5.43. The van der Waals surface area contributed by atoms with E-state index in [4.69, 9.17) is 0 Å². The third-order valence-electron chi connectivity index (χ3n) is 4.17. The van der Waals surface area contributed by atoms with Gasteiger partial charge in [0, 0.05) is 11.1 Å². The van der Waals surface area contributed by atoms with Gasteiger partial charge in [0.05, 0.1) is 0 Å². The van der Waals surface area contributed by atoms with Crippen molar-refractivity contribution in [2.24, 2.45) is 0 Å². The van der Waals surface area contributed by atoms with E-state index in [1.165, 1.54) is 5.56 Å². The lowest BCUT2D eigenvalue weighted by molar-refractivity contribution is 0.161. The Morgan fingerprint density at radius 3 is 1.84 bits per heavy atom. The molecule has 106 valence electrons. The van der Waals surface area contributed by atoms with Gasteiger partial charge in [0.1, 0.15) is 5.75 Å². The van der Waals surface area contributed by atoms with Crippen LogP contribution in [-0.4, -0.2) is 16.2 Å². The third kappa shape index (κ3) is 3.11. The van der Waals surface area contributed by atoms with Gasteiger partial charge in [-0.15, -0.1) is 0 Å². The molecule has 2 rings (SSSR count). The monoisotopic (exact) mass is 261 g/mol. The van der Waals surface area contributed by atoms with Crippen molar-refractivity contribution < 1.29 is 5.11 Å². The minimum absolute atomic E-state index is 0.159. The van der Waals surface area contributed by atoms with Crippen molar-refractivity contribution in [1.29, 1.82) is 0 Å². The summed E-state index contributed by atoms with van der Waals surface area (Å²) in [5, 5.41) is 13.6. The van der Waals surface area contributed by atoms with Gasteiger partial charge in [-0.3, -0.25) is 0 Å². The number of benzene rings is 1. The Morgan fingerprint density at radius 2 is 1.42 bits per heavy atom. The molecule has 0 aliphatic carbocycles. The van der Waals surface area contributed by atoms with E-state index in [-0.39, 0.29) is 11.1 Å². The zero-order valence-electron chi connectivity index (χ0n) is 13.1. The summed E-state index contributed by atoms with van der Waals surface area (Å²) in [6.07, 6.45) is 2.28. The van der Waals surface area contributed by atoms with Crippen LogP contribution < -0.4 is 5.32 Å². The molecule has 1 aliphatic rings. The summed E-state index contributed by atoms with van der Waals surface area (Å²) in [4.78, 5) is 0. The molecule has 0 unspecified atom stereocenters. The molecule has 1 aromatic rings. The molecule has 0 aromatic heterocycles. The lowest BCUT2D eigenvalue weighted by Gasteiger charge is -2.47. The molecule has 0 atom stereocenters. The van der Waals surface area contributed by atoms with Crippen molar-refractivity contribution in [3.8, 4) is 5.75 Å². The van der Waals surface area contributed by atoms with Crippen molar-refractivity contribution in [3.63, 3.8) is 0 Å². The van der Waals surface area contributed by atoms with Gasteiger partial charge in [0.15, 0.2) is 0 Å². The Labute approximate surface area is 117 Å². The molecule has 1 heterocycles. The van der Waals surface area contributed by atoms with Crippen LogP contribution in [0.5, 0.6) is 5.75 Å². The van der Waals surface area contributed by atoms with Gasteiger partial charge in [0.25, 0.3) is 0 Å². The summed E-state index contributed by atoms with van der Waals surface area (Å²) in [6.45, 7) is 13.1. The molecular weight excluding hydrogens is 234 g/mol. The molecule has 19 heavy (non-hydrogen) atoms. The van der Waals surface area contributed by atoms with Crippen molar-refractivity contribution >= 4 is 0 Å². The van der Waals surface area contributed by atoms with E-state index >= 15 is 0 Å². The second-order valence-electron chi connectivity index (χ2n) is 7.50. The average molecular weight is 261 g/mol. The van der Waals surface area contributed by atoms with E-state index < -0.39 is 0 Å². The number of phenolic OH excluding ortho intramolecular Hbond substituents is 1. The van der Waals surface area contributed by atoms with Crippen LogP contribution in [-0.2, 0) is 0 Å². The molecule has 1 saturated heterocycles. The highest BCUT2D eigenvalue weighted by Gasteiger charge is 2.38. The summed E-state index contributed by atoms with van der Waals surface area (Å²) < 4.78 is 0. The van der Waals surface area contributed by atoms with Crippen LogP contribution in [0.1, 0.15) is 63.1 Å². The Kier molecular flexibility index (Phi) is 3.42. The number of hydrogen-bond acceptors (Lipinski definition) is 2. The van der Waals surface area contributed by atoms with Gasteiger partial charge in [-0.1, -0.05) is 12.1 Å². The molecule has 0 amide bonds. The number of piperidine rings is 1. The second-order valence-corrected chi connectivity index (χ2v) is 7.50. The van der Waals surface area contributed by atoms with Gasteiger partial charge >= 0.3 is 0 Å². The summed E-state index contributed by atoms with van der Waals surface area (Å²) in [5.41, 5.74) is 3.67. The number of nitrogens with one attached hydrogen (secondary N) is 1.